The van der Waals surface area contributed by atoms with Gasteiger partial charge < -0.3 is 0 Å². The van der Waals surface area contributed by atoms with E-state index in [0.29, 0.717) is 5.65 Å². The fourth-order valence-corrected chi connectivity index (χ4v) is 1.54. The molecule has 0 saturated carbocycles. The second kappa shape index (κ2) is 3.26. The number of fused-ring (bicyclic) bond motifs is 1. The van der Waals surface area contributed by atoms with Gasteiger partial charge >= 0.3 is 0 Å². The molecule has 0 unspecified atom stereocenters. The molecule has 0 bridgehead atoms. The average molecular weight is 192 g/mol. The fourth-order valence-electron chi connectivity index (χ4n) is 1.05. The van der Waals surface area contributed by atoms with Crippen LogP contribution < -0.4 is 0 Å². The third-order valence-electron chi connectivity index (χ3n) is 1.63. The lowest BCUT2D eigenvalue weighted by Crippen LogP contribution is -1.93. The van der Waals surface area contributed by atoms with Crippen LogP contribution in [0.5, 0.6) is 0 Å². The van der Waals surface area contributed by atoms with Crippen LogP contribution >= 0.6 is 11.8 Å². The summed E-state index contributed by atoms with van der Waals surface area (Å²) in [6.45, 7) is 1.90. The Morgan fingerprint density at radius 2 is 2.08 bits per heavy atom. The topological polar surface area (TPSA) is 51.6 Å². The van der Waals surface area contributed by atoms with Crippen molar-refractivity contribution in [3.63, 3.8) is 0 Å². The van der Waals surface area contributed by atoms with Crippen molar-refractivity contribution in [2.75, 3.05) is 6.26 Å². The number of hydrogen-bond acceptors (Lipinski definition) is 5. The standard InChI is InChI=1S/C8H8N4S/c1-5-3-9-6-7(12-5)10-4-11-8(6)13-2/h3-4H,1-2H3. The van der Waals surface area contributed by atoms with Crippen LogP contribution in [0.4, 0.5) is 0 Å². The Morgan fingerprint density at radius 1 is 1.23 bits per heavy atom. The van der Waals surface area contributed by atoms with Crippen molar-refractivity contribution in [1.82, 2.24) is 19.9 Å². The summed E-state index contributed by atoms with van der Waals surface area (Å²) < 4.78 is 0. The largest absolute Gasteiger partial charge is 0.248 e. The molecule has 0 saturated heterocycles. The Bertz CT molecular complexity index is 443. The summed E-state index contributed by atoms with van der Waals surface area (Å²) in [6, 6.07) is 0. The van der Waals surface area contributed by atoms with Crippen molar-refractivity contribution in [2.45, 2.75) is 11.9 Å². The number of aromatic nitrogens is 4. The van der Waals surface area contributed by atoms with Crippen LogP contribution in [0.3, 0.4) is 0 Å². The lowest BCUT2D eigenvalue weighted by atomic mass is 10.4. The number of thioether (sulfide) groups is 1. The Hall–Kier alpha value is -1.23. The van der Waals surface area contributed by atoms with Crippen molar-refractivity contribution in [3.05, 3.63) is 18.2 Å². The molecule has 0 aliphatic carbocycles. The van der Waals surface area contributed by atoms with E-state index >= 15 is 0 Å². The quantitative estimate of drug-likeness (QED) is 0.505. The first-order chi connectivity index (χ1) is 6.31. The highest BCUT2D eigenvalue weighted by Gasteiger charge is 2.04. The van der Waals surface area contributed by atoms with E-state index in [1.54, 1.807) is 18.0 Å². The van der Waals surface area contributed by atoms with Gasteiger partial charge in [-0.05, 0) is 13.2 Å². The van der Waals surface area contributed by atoms with Gasteiger partial charge in [-0.3, -0.25) is 0 Å². The molecule has 0 radical (unpaired) electrons. The molecular weight excluding hydrogens is 184 g/mol. The molecule has 13 heavy (non-hydrogen) atoms. The van der Waals surface area contributed by atoms with E-state index < -0.39 is 0 Å². The lowest BCUT2D eigenvalue weighted by molar-refractivity contribution is 1.04. The Labute approximate surface area is 79.8 Å². The first-order valence-corrected chi connectivity index (χ1v) is 5.02. The minimum Gasteiger partial charge on any atom is -0.248 e. The summed E-state index contributed by atoms with van der Waals surface area (Å²) >= 11 is 1.55. The third kappa shape index (κ3) is 1.47. The molecule has 0 spiro atoms. The second-order valence-corrected chi connectivity index (χ2v) is 3.36. The van der Waals surface area contributed by atoms with Gasteiger partial charge in [0.15, 0.2) is 5.65 Å². The maximum atomic E-state index is 4.26. The van der Waals surface area contributed by atoms with Gasteiger partial charge in [0.05, 0.1) is 5.69 Å². The summed E-state index contributed by atoms with van der Waals surface area (Å²) in [5, 5.41) is 0.873. The zero-order valence-electron chi connectivity index (χ0n) is 7.35. The van der Waals surface area contributed by atoms with E-state index in [-0.39, 0.29) is 0 Å². The molecule has 0 aromatic carbocycles. The molecule has 2 aromatic rings. The molecule has 2 heterocycles. The summed E-state index contributed by atoms with van der Waals surface area (Å²) in [7, 11) is 0. The van der Waals surface area contributed by atoms with Crippen molar-refractivity contribution < 1.29 is 0 Å². The van der Waals surface area contributed by atoms with Gasteiger partial charge in [-0.25, -0.2) is 19.9 Å². The molecule has 2 rings (SSSR count). The average Bonchev–Trinajstić information content (AvgIpc) is 2.16. The predicted octanol–water partition coefficient (Wildman–Crippen LogP) is 1.45. The molecule has 0 aliphatic heterocycles. The molecule has 4 nitrogen and oxygen atoms in total. The summed E-state index contributed by atoms with van der Waals surface area (Å²) in [5.74, 6) is 0. The van der Waals surface area contributed by atoms with Gasteiger partial charge in [0, 0.05) is 6.20 Å². The molecule has 0 amide bonds. The second-order valence-electron chi connectivity index (χ2n) is 2.57. The van der Waals surface area contributed by atoms with E-state index in [4.69, 9.17) is 0 Å². The number of hydrogen-bond donors (Lipinski definition) is 0. The SMILES string of the molecule is CSc1ncnc2nc(C)cnc12. The highest BCUT2D eigenvalue weighted by atomic mass is 32.2. The fraction of sp³-hybridized carbons (Fsp3) is 0.250. The Morgan fingerprint density at radius 3 is 2.85 bits per heavy atom. The van der Waals surface area contributed by atoms with Gasteiger partial charge in [-0.15, -0.1) is 11.8 Å². The maximum absolute atomic E-state index is 4.26. The predicted molar refractivity (Wildman–Crippen MR) is 51.6 cm³/mol. The van der Waals surface area contributed by atoms with Crippen molar-refractivity contribution in [2.24, 2.45) is 0 Å². The summed E-state index contributed by atoms with van der Waals surface area (Å²) in [5.41, 5.74) is 2.32. The van der Waals surface area contributed by atoms with E-state index in [2.05, 4.69) is 19.9 Å². The first kappa shape index (κ1) is 8.37. The minimum absolute atomic E-state index is 0.666. The van der Waals surface area contributed by atoms with Gasteiger partial charge in [0.25, 0.3) is 0 Å². The zero-order chi connectivity index (χ0) is 9.26. The van der Waals surface area contributed by atoms with Gasteiger partial charge in [0.2, 0.25) is 0 Å². The van der Waals surface area contributed by atoms with Gasteiger partial charge in [-0.2, -0.15) is 0 Å². The molecule has 5 heteroatoms. The number of rotatable bonds is 1. The minimum atomic E-state index is 0.666. The highest BCUT2D eigenvalue weighted by Crippen LogP contribution is 2.18. The molecule has 2 aromatic heterocycles. The van der Waals surface area contributed by atoms with Crippen LogP contribution in [-0.4, -0.2) is 26.2 Å². The summed E-state index contributed by atoms with van der Waals surface area (Å²) in [4.78, 5) is 16.7. The lowest BCUT2D eigenvalue weighted by Gasteiger charge is -1.99. The van der Waals surface area contributed by atoms with Crippen molar-refractivity contribution in [3.8, 4) is 0 Å². The Kier molecular flexibility index (Phi) is 2.10. The van der Waals surface area contributed by atoms with Crippen LogP contribution in [0.1, 0.15) is 5.69 Å². The highest BCUT2D eigenvalue weighted by molar-refractivity contribution is 7.98. The van der Waals surface area contributed by atoms with Crippen LogP contribution in [0.25, 0.3) is 11.2 Å². The van der Waals surface area contributed by atoms with Crippen molar-refractivity contribution >= 4 is 22.9 Å². The molecular formula is C8H8N4S. The first-order valence-electron chi connectivity index (χ1n) is 3.79. The zero-order valence-corrected chi connectivity index (χ0v) is 8.17. The van der Waals surface area contributed by atoms with Crippen LogP contribution in [0.2, 0.25) is 0 Å². The van der Waals surface area contributed by atoms with Gasteiger partial charge in [0.1, 0.15) is 16.9 Å². The summed E-state index contributed by atoms with van der Waals surface area (Å²) in [6.07, 6.45) is 5.21. The van der Waals surface area contributed by atoms with E-state index in [1.807, 2.05) is 13.2 Å². The van der Waals surface area contributed by atoms with E-state index in [9.17, 15) is 0 Å². The van der Waals surface area contributed by atoms with E-state index in [1.165, 1.54) is 6.33 Å². The maximum Gasteiger partial charge on any atom is 0.182 e. The monoisotopic (exact) mass is 192 g/mol. The molecule has 0 fully saturated rings. The molecule has 0 atom stereocenters. The smallest absolute Gasteiger partial charge is 0.182 e. The van der Waals surface area contributed by atoms with Crippen LogP contribution in [0, 0.1) is 6.92 Å². The normalized spacial score (nSPS) is 10.6. The Balaban J connectivity index is 2.77. The number of aryl methyl sites for hydroxylation is 1. The van der Waals surface area contributed by atoms with Gasteiger partial charge in [-0.1, -0.05) is 0 Å². The molecule has 0 N–H and O–H groups in total. The molecule has 0 aliphatic rings. The third-order valence-corrected chi connectivity index (χ3v) is 2.31. The molecule has 66 valence electrons. The number of nitrogens with zero attached hydrogens (tertiary/aromatic N) is 4. The van der Waals surface area contributed by atoms with Crippen molar-refractivity contribution in [1.29, 1.82) is 0 Å². The van der Waals surface area contributed by atoms with E-state index in [0.717, 1.165) is 16.2 Å². The van der Waals surface area contributed by atoms with Crippen LogP contribution in [-0.2, 0) is 0 Å². The van der Waals surface area contributed by atoms with Crippen LogP contribution in [0.15, 0.2) is 17.6 Å².